The Morgan fingerprint density at radius 2 is 1.72 bits per heavy atom. The molecule has 0 saturated heterocycles. The maximum absolute atomic E-state index is 10.4. The Labute approximate surface area is 179 Å². The Bertz CT molecular complexity index is 828. The summed E-state index contributed by atoms with van der Waals surface area (Å²) in [5.41, 5.74) is 4.58. The maximum Gasteiger partial charge on any atom is 0.0825 e. The molecule has 2 rings (SSSR count). The number of rotatable bonds is 11. The molecule has 0 radical (unpaired) electrons. The molecule has 0 atom stereocenters. The second-order valence-corrected chi connectivity index (χ2v) is 8.43. The molecule has 0 bridgehead atoms. The van der Waals surface area contributed by atoms with Crippen molar-refractivity contribution in [1.82, 2.24) is 0 Å². The Morgan fingerprint density at radius 3 is 2.34 bits per heavy atom. The number of aryl methyl sites for hydroxylation is 2. The van der Waals surface area contributed by atoms with E-state index in [2.05, 4.69) is 24.4 Å². The Hall–Kier alpha value is -1.72. The lowest BCUT2D eigenvalue weighted by Crippen LogP contribution is -2.22. The fraction of sp³-hybridized carbons (Fsp3) is 0.440. The van der Waals surface area contributed by atoms with Gasteiger partial charge in [-0.15, -0.1) is 11.3 Å². The van der Waals surface area contributed by atoms with Crippen molar-refractivity contribution in [3.05, 3.63) is 75.0 Å². The molecule has 3 nitrogen and oxygen atoms in total. The summed E-state index contributed by atoms with van der Waals surface area (Å²) >= 11 is 1.77. The van der Waals surface area contributed by atoms with Crippen molar-refractivity contribution in [2.24, 2.45) is 0 Å². The summed E-state index contributed by atoms with van der Waals surface area (Å²) in [6.07, 6.45) is 10.2. The van der Waals surface area contributed by atoms with Crippen molar-refractivity contribution in [2.45, 2.75) is 71.7 Å². The molecule has 1 aromatic carbocycles. The molecular formula is C25H34O3S. The van der Waals surface area contributed by atoms with Gasteiger partial charge in [0, 0.05) is 4.88 Å². The van der Waals surface area contributed by atoms with Gasteiger partial charge in [-0.3, -0.25) is 0 Å². The van der Waals surface area contributed by atoms with Crippen LogP contribution in [-0.2, 0) is 26.1 Å². The highest BCUT2D eigenvalue weighted by molar-refractivity contribution is 7.10. The minimum Gasteiger partial charge on any atom is -0.392 e. The van der Waals surface area contributed by atoms with Gasteiger partial charge in [-0.25, -0.2) is 0 Å². The Balaban J connectivity index is 2.05. The van der Waals surface area contributed by atoms with Gasteiger partial charge in [0.2, 0.25) is 0 Å². The molecule has 0 unspecified atom stereocenters. The lowest BCUT2D eigenvalue weighted by molar-refractivity contribution is 0.0828. The van der Waals surface area contributed by atoms with E-state index in [0.29, 0.717) is 0 Å². The van der Waals surface area contributed by atoms with Crippen LogP contribution in [-0.4, -0.2) is 20.9 Å². The average molecular weight is 415 g/mol. The molecule has 2 aromatic rings. The molecule has 0 spiro atoms. The van der Waals surface area contributed by atoms with E-state index < -0.39 is 5.60 Å². The van der Waals surface area contributed by atoms with Crippen molar-refractivity contribution >= 4 is 16.9 Å². The topological polar surface area (TPSA) is 60.7 Å². The van der Waals surface area contributed by atoms with Crippen molar-refractivity contribution in [2.75, 3.05) is 0 Å². The highest BCUT2D eigenvalue weighted by atomic mass is 32.1. The molecule has 158 valence electrons. The first kappa shape index (κ1) is 23.6. The largest absolute Gasteiger partial charge is 0.392 e. The monoisotopic (exact) mass is 414 g/mol. The number of thiophene rings is 1. The van der Waals surface area contributed by atoms with E-state index in [1.165, 1.54) is 21.6 Å². The van der Waals surface area contributed by atoms with E-state index in [1.54, 1.807) is 11.3 Å². The third kappa shape index (κ3) is 6.65. The number of hydrogen-bond donors (Lipinski definition) is 3. The molecule has 0 amide bonds. The molecule has 0 aliphatic heterocycles. The van der Waals surface area contributed by atoms with Gasteiger partial charge in [-0.2, -0.15) is 0 Å². The van der Waals surface area contributed by atoms with E-state index in [1.807, 2.05) is 44.2 Å². The van der Waals surface area contributed by atoms with Gasteiger partial charge in [0.15, 0.2) is 0 Å². The van der Waals surface area contributed by atoms with Crippen LogP contribution in [0.15, 0.2) is 47.9 Å². The van der Waals surface area contributed by atoms with Crippen LogP contribution in [0.1, 0.15) is 67.2 Å². The first-order valence-electron chi connectivity index (χ1n) is 10.5. The zero-order valence-corrected chi connectivity index (χ0v) is 18.6. The second kappa shape index (κ2) is 11.5. The molecule has 0 saturated carbocycles. The zero-order valence-electron chi connectivity index (χ0n) is 17.8. The SMILES string of the molecule is CCC(=CC=CC(O)(CC)CC)c1csc(CCc2ccc(CO)c(CO)c2)c1. The summed E-state index contributed by atoms with van der Waals surface area (Å²) in [6, 6.07) is 8.18. The number of hydrogen-bond acceptors (Lipinski definition) is 4. The normalized spacial score (nSPS) is 12.8. The molecule has 0 aliphatic rings. The fourth-order valence-corrected chi connectivity index (χ4v) is 4.24. The number of aliphatic hydroxyl groups excluding tert-OH is 2. The molecule has 1 aromatic heterocycles. The van der Waals surface area contributed by atoms with Gasteiger partial charge in [0.1, 0.15) is 0 Å². The molecule has 29 heavy (non-hydrogen) atoms. The van der Waals surface area contributed by atoms with Gasteiger partial charge >= 0.3 is 0 Å². The molecule has 3 N–H and O–H groups in total. The van der Waals surface area contributed by atoms with Crippen LogP contribution in [0.2, 0.25) is 0 Å². The Kier molecular flexibility index (Phi) is 9.31. The molecule has 1 heterocycles. The van der Waals surface area contributed by atoms with Gasteiger partial charge in [-0.1, -0.05) is 57.2 Å². The third-order valence-electron chi connectivity index (χ3n) is 5.61. The fourth-order valence-electron chi connectivity index (χ4n) is 3.33. The number of allylic oxidation sites excluding steroid dienone is 3. The van der Waals surface area contributed by atoms with Crippen LogP contribution in [0.5, 0.6) is 0 Å². The third-order valence-corrected chi connectivity index (χ3v) is 6.60. The maximum atomic E-state index is 10.4. The summed E-state index contributed by atoms with van der Waals surface area (Å²) in [4.78, 5) is 1.33. The van der Waals surface area contributed by atoms with E-state index in [9.17, 15) is 15.3 Å². The van der Waals surface area contributed by atoms with Crippen LogP contribution in [0.25, 0.3) is 5.57 Å². The minimum absolute atomic E-state index is 0.0427. The summed E-state index contributed by atoms with van der Waals surface area (Å²) in [5.74, 6) is 0. The molecule has 4 heteroatoms. The second-order valence-electron chi connectivity index (χ2n) is 7.44. The van der Waals surface area contributed by atoms with Gasteiger partial charge < -0.3 is 15.3 Å². The van der Waals surface area contributed by atoms with Crippen LogP contribution >= 0.6 is 11.3 Å². The minimum atomic E-state index is -0.714. The highest BCUT2D eigenvalue weighted by Crippen LogP contribution is 2.26. The van der Waals surface area contributed by atoms with Crippen molar-refractivity contribution in [1.29, 1.82) is 0 Å². The summed E-state index contributed by atoms with van der Waals surface area (Å²) in [6.45, 7) is 6.08. The quantitative estimate of drug-likeness (QED) is 0.430. The van der Waals surface area contributed by atoms with Crippen LogP contribution < -0.4 is 0 Å². The number of benzene rings is 1. The van der Waals surface area contributed by atoms with E-state index in [0.717, 1.165) is 43.2 Å². The van der Waals surface area contributed by atoms with Crippen molar-refractivity contribution in [3.8, 4) is 0 Å². The smallest absolute Gasteiger partial charge is 0.0825 e. The Morgan fingerprint density at radius 1 is 1.00 bits per heavy atom. The van der Waals surface area contributed by atoms with E-state index in [-0.39, 0.29) is 13.2 Å². The van der Waals surface area contributed by atoms with Crippen LogP contribution in [0.3, 0.4) is 0 Å². The van der Waals surface area contributed by atoms with E-state index >= 15 is 0 Å². The summed E-state index contributed by atoms with van der Waals surface area (Å²) in [7, 11) is 0. The first-order valence-corrected chi connectivity index (χ1v) is 11.4. The molecule has 0 aliphatic carbocycles. The average Bonchev–Trinajstić information content (AvgIpc) is 3.23. The lowest BCUT2D eigenvalue weighted by Gasteiger charge is -2.19. The van der Waals surface area contributed by atoms with Gasteiger partial charge in [0.25, 0.3) is 0 Å². The van der Waals surface area contributed by atoms with Gasteiger partial charge in [0.05, 0.1) is 18.8 Å². The van der Waals surface area contributed by atoms with Crippen LogP contribution in [0.4, 0.5) is 0 Å². The van der Waals surface area contributed by atoms with E-state index in [4.69, 9.17) is 0 Å². The van der Waals surface area contributed by atoms with Crippen LogP contribution in [0, 0.1) is 0 Å². The predicted molar refractivity (Wildman–Crippen MR) is 123 cm³/mol. The zero-order chi connectivity index (χ0) is 21.3. The molecular weight excluding hydrogens is 380 g/mol. The summed E-state index contributed by atoms with van der Waals surface area (Å²) in [5, 5.41) is 31.4. The predicted octanol–water partition coefficient (Wildman–Crippen LogP) is 5.42. The van der Waals surface area contributed by atoms with Crippen molar-refractivity contribution in [3.63, 3.8) is 0 Å². The van der Waals surface area contributed by atoms with Crippen molar-refractivity contribution < 1.29 is 15.3 Å². The summed E-state index contributed by atoms with van der Waals surface area (Å²) < 4.78 is 0. The molecule has 0 fully saturated rings. The number of aliphatic hydroxyl groups is 3. The first-order chi connectivity index (χ1) is 14.0. The standard InChI is InChI=1S/C25H34O3S/c1-4-20(8-7-13-25(28,5-2)6-3)23-15-24(29-18-23)12-10-19-9-11-21(16-26)22(14-19)17-27/h7-9,11,13-15,18,26-28H,4-6,10,12,16-17H2,1-3H3. The highest BCUT2D eigenvalue weighted by Gasteiger charge is 2.16. The lowest BCUT2D eigenvalue weighted by atomic mass is 9.96. The van der Waals surface area contributed by atoms with Gasteiger partial charge in [-0.05, 0) is 71.4 Å².